The highest BCUT2D eigenvalue weighted by Crippen LogP contribution is 2.30. The number of aliphatic hydroxyl groups excluding tert-OH is 1. The lowest BCUT2D eigenvalue weighted by atomic mass is 9.77. The highest BCUT2D eigenvalue weighted by atomic mass is 16.3. The second-order valence-electron chi connectivity index (χ2n) is 5.04. The summed E-state index contributed by atoms with van der Waals surface area (Å²) < 4.78 is 0. The van der Waals surface area contributed by atoms with Crippen LogP contribution in [-0.2, 0) is 6.42 Å². The van der Waals surface area contributed by atoms with Crippen molar-refractivity contribution in [2.45, 2.75) is 47.0 Å². The lowest BCUT2D eigenvalue weighted by Gasteiger charge is -2.29. The average Bonchev–Trinajstić information content (AvgIpc) is 2.25. The van der Waals surface area contributed by atoms with Crippen molar-refractivity contribution in [2.75, 3.05) is 6.61 Å². The van der Waals surface area contributed by atoms with Crippen LogP contribution in [0, 0.1) is 19.3 Å². The fraction of sp³-hybridized carbons (Fsp3) is 0.600. The summed E-state index contributed by atoms with van der Waals surface area (Å²) in [5.41, 5.74) is 4.05. The van der Waals surface area contributed by atoms with Crippen molar-refractivity contribution < 1.29 is 5.11 Å². The summed E-state index contributed by atoms with van der Waals surface area (Å²) >= 11 is 0. The fourth-order valence-corrected chi connectivity index (χ4v) is 2.38. The van der Waals surface area contributed by atoms with Gasteiger partial charge in [0.05, 0.1) is 0 Å². The first-order chi connectivity index (χ1) is 7.55. The van der Waals surface area contributed by atoms with E-state index in [1.807, 2.05) is 0 Å². The molecule has 16 heavy (non-hydrogen) atoms. The van der Waals surface area contributed by atoms with E-state index in [0.29, 0.717) is 0 Å². The number of hydrogen-bond acceptors (Lipinski definition) is 1. The van der Waals surface area contributed by atoms with Gasteiger partial charge in [0.1, 0.15) is 0 Å². The lowest BCUT2D eigenvalue weighted by Crippen LogP contribution is -2.26. The van der Waals surface area contributed by atoms with Crippen LogP contribution < -0.4 is 0 Å². The molecule has 1 nitrogen and oxygen atoms in total. The van der Waals surface area contributed by atoms with E-state index in [0.717, 1.165) is 19.3 Å². The van der Waals surface area contributed by atoms with Gasteiger partial charge in [0.2, 0.25) is 0 Å². The maximum Gasteiger partial charge on any atom is 0.0490 e. The summed E-state index contributed by atoms with van der Waals surface area (Å²) in [5.74, 6) is 0. The first-order valence-electron chi connectivity index (χ1n) is 6.23. The quantitative estimate of drug-likeness (QED) is 0.803. The molecule has 0 atom stereocenters. The number of rotatable bonds is 5. The molecule has 0 amide bonds. The molecular weight excluding hydrogens is 196 g/mol. The Morgan fingerprint density at radius 1 is 1.00 bits per heavy atom. The zero-order valence-electron chi connectivity index (χ0n) is 11.0. The molecule has 0 aliphatic rings. The van der Waals surface area contributed by atoms with E-state index in [4.69, 9.17) is 0 Å². The van der Waals surface area contributed by atoms with E-state index >= 15 is 0 Å². The Balaban J connectivity index is 2.93. The molecule has 0 fully saturated rings. The molecule has 0 aromatic heterocycles. The Hall–Kier alpha value is -0.820. The normalized spacial score (nSPS) is 11.8. The van der Waals surface area contributed by atoms with Gasteiger partial charge in [-0.15, -0.1) is 0 Å². The van der Waals surface area contributed by atoms with Gasteiger partial charge in [-0.2, -0.15) is 0 Å². The first-order valence-corrected chi connectivity index (χ1v) is 6.23. The summed E-state index contributed by atoms with van der Waals surface area (Å²) in [6.45, 7) is 8.89. The van der Waals surface area contributed by atoms with Crippen LogP contribution in [0.4, 0.5) is 0 Å². The van der Waals surface area contributed by atoms with Crippen LogP contribution in [0.25, 0.3) is 0 Å². The summed E-state index contributed by atoms with van der Waals surface area (Å²) in [5, 5.41) is 9.58. The number of aliphatic hydroxyl groups is 1. The lowest BCUT2D eigenvalue weighted by molar-refractivity contribution is 0.115. The van der Waals surface area contributed by atoms with Crippen LogP contribution in [0.15, 0.2) is 18.2 Å². The Morgan fingerprint density at radius 3 is 1.88 bits per heavy atom. The molecule has 1 aromatic rings. The summed E-state index contributed by atoms with van der Waals surface area (Å²) in [6.07, 6.45) is 3.05. The van der Waals surface area contributed by atoms with Gasteiger partial charge in [-0.05, 0) is 44.1 Å². The number of benzene rings is 1. The predicted octanol–water partition coefficient (Wildman–Crippen LogP) is 3.64. The Labute approximate surface area is 99.5 Å². The number of aryl methyl sites for hydroxylation is 2. The molecule has 0 unspecified atom stereocenters. The van der Waals surface area contributed by atoms with Crippen molar-refractivity contribution in [1.82, 2.24) is 0 Å². The van der Waals surface area contributed by atoms with Crippen LogP contribution >= 0.6 is 0 Å². The minimum atomic E-state index is 0.0697. The minimum absolute atomic E-state index is 0.0697. The molecule has 0 saturated carbocycles. The van der Waals surface area contributed by atoms with Crippen LogP contribution in [0.2, 0.25) is 0 Å². The van der Waals surface area contributed by atoms with Crippen molar-refractivity contribution in [1.29, 1.82) is 0 Å². The monoisotopic (exact) mass is 220 g/mol. The fourth-order valence-electron chi connectivity index (χ4n) is 2.38. The molecular formula is C15H24O. The van der Waals surface area contributed by atoms with Gasteiger partial charge in [-0.25, -0.2) is 0 Å². The molecule has 0 heterocycles. The summed E-state index contributed by atoms with van der Waals surface area (Å²) in [7, 11) is 0. The van der Waals surface area contributed by atoms with E-state index in [1.165, 1.54) is 16.7 Å². The van der Waals surface area contributed by atoms with Crippen molar-refractivity contribution >= 4 is 0 Å². The molecule has 90 valence electrons. The number of hydrogen-bond donors (Lipinski definition) is 1. The average molecular weight is 220 g/mol. The van der Waals surface area contributed by atoms with Gasteiger partial charge in [-0.3, -0.25) is 0 Å². The Morgan fingerprint density at radius 2 is 1.50 bits per heavy atom. The SMILES string of the molecule is CCC(CC)(CO)Cc1cc(C)cc(C)c1. The molecule has 0 aliphatic carbocycles. The van der Waals surface area contributed by atoms with Gasteiger partial charge >= 0.3 is 0 Å². The van der Waals surface area contributed by atoms with E-state index in [-0.39, 0.29) is 12.0 Å². The van der Waals surface area contributed by atoms with Crippen molar-refractivity contribution in [3.63, 3.8) is 0 Å². The van der Waals surface area contributed by atoms with E-state index < -0.39 is 0 Å². The van der Waals surface area contributed by atoms with Crippen LogP contribution in [0.3, 0.4) is 0 Å². The molecule has 0 spiro atoms. The molecule has 1 aromatic carbocycles. The Bertz CT molecular complexity index is 309. The third-order valence-electron chi connectivity index (χ3n) is 3.70. The summed E-state index contributed by atoms with van der Waals surface area (Å²) in [6, 6.07) is 6.67. The van der Waals surface area contributed by atoms with E-state index in [9.17, 15) is 5.11 Å². The molecule has 1 N–H and O–H groups in total. The largest absolute Gasteiger partial charge is 0.396 e. The predicted molar refractivity (Wildman–Crippen MR) is 69.7 cm³/mol. The topological polar surface area (TPSA) is 20.2 Å². The van der Waals surface area contributed by atoms with Gasteiger partial charge in [0, 0.05) is 6.61 Å². The second-order valence-corrected chi connectivity index (χ2v) is 5.04. The van der Waals surface area contributed by atoms with Crippen LogP contribution in [0.1, 0.15) is 43.4 Å². The molecule has 1 rings (SSSR count). The third kappa shape index (κ3) is 3.08. The second kappa shape index (κ2) is 5.49. The maximum atomic E-state index is 9.58. The van der Waals surface area contributed by atoms with Gasteiger partial charge < -0.3 is 5.11 Å². The molecule has 0 bridgehead atoms. The maximum absolute atomic E-state index is 9.58. The summed E-state index contributed by atoms with van der Waals surface area (Å²) in [4.78, 5) is 0. The zero-order valence-corrected chi connectivity index (χ0v) is 11.0. The molecule has 0 radical (unpaired) electrons. The highest BCUT2D eigenvalue weighted by molar-refractivity contribution is 5.29. The smallest absolute Gasteiger partial charge is 0.0490 e. The van der Waals surface area contributed by atoms with Gasteiger partial charge in [0.25, 0.3) is 0 Å². The van der Waals surface area contributed by atoms with Crippen molar-refractivity contribution in [2.24, 2.45) is 5.41 Å². The molecule has 0 aliphatic heterocycles. The van der Waals surface area contributed by atoms with Gasteiger partial charge in [-0.1, -0.05) is 43.2 Å². The molecule has 0 saturated heterocycles. The standard InChI is InChI=1S/C15H24O/c1-5-15(6-2,11-16)10-14-8-12(3)7-13(4)9-14/h7-9,16H,5-6,10-11H2,1-4H3. The van der Waals surface area contributed by atoms with Gasteiger partial charge in [0.15, 0.2) is 0 Å². The highest BCUT2D eigenvalue weighted by Gasteiger charge is 2.25. The van der Waals surface area contributed by atoms with Crippen molar-refractivity contribution in [3.05, 3.63) is 34.9 Å². The molecule has 1 heteroatoms. The van der Waals surface area contributed by atoms with Crippen LogP contribution in [-0.4, -0.2) is 11.7 Å². The third-order valence-corrected chi connectivity index (χ3v) is 3.70. The van der Waals surface area contributed by atoms with E-state index in [2.05, 4.69) is 45.9 Å². The minimum Gasteiger partial charge on any atom is -0.396 e. The van der Waals surface area contributed by atoms with Crippen molar-refractivity contribution in [3.8, 4) is 0 Å². The Kier molecular flexibility index (Phi) is 4.55. The zero-order chi connectivity index (χ0) is 12.2. The van der Waals surface area contributed by atoms with Crippen LogP contribution in [0.5, 0.6) is 0 Å². The first kappa shape index (κ1) is 13.2. The van der Waals surface area contributed by atoms with E-state index in [1.54, 1.807) is 0 Å².